The summed E-state index contributed by atoms with van der Waals surface area (Å²) in [6.45, 7) is 0.0677. The van der Waals surface area contributed by atoms with Crippen molar-refractivity contribution in [3.63, 3.8) is 0 Å². The Hall–Kier alpha value is -4.86. The normalized spacial score (nSPS) is 12.9. The molecule has 16 nitrogen and oxygen atoms in total. The predicted octanol–water partition coefficient (Wildman–Crippen LogP) is -2.42. The lowest BCUT2D eigenvalue weighted by Crippen LogP contribution is -2.54. The number of para-hydroxylation sites is 1. The number of nitrogens with two attached hydrogens (primary N) is 4. The SMILES string of the molecule is CN[C@@H](CCCN=C(N)N)C(=O)N[C@@H](CCCN=C(N)N)C(=O)NCC(=O)N[C@@H](Cc1c[nH]c2ccccc12)C(=O)O. The maximum Gasteiger partial charge on any atom is 0.326 e. The van der Waals surface area contributed by atoms with Crippen molar-refractivity contribution in [3.05, 3.63) is 36.0 Å². The Labute approximate surface area is 243 Å². The van der Waals surface area contributed by atoms with Crippen LogP contribution in [0.4, 0.5) is 0 Å². The van der Waals surface area contributed by atoms with Crippen LogP contribution in [0.5, 0.6) is 0 Å². The maximum absolute atomic E-state index is 13.0. The summed E-state index contributed by atoms with van der Waals surface area (Å²) in [6.07, 6.45) is 3.20. The molecule has 0 aliphatic carbocycles. The van der Waals surface area contributed by atoms with E-state index in [1.165, 1.54) is 0 Å². The first-order valence-electron chi connectivity index (χ1n) is 13.4. The number of hydrogen-bond donors (Lipinski definition) is 10. The molecule has 0 aliphatic rings. The van der Waals surface area contributed by atoms with Crippen molar-refractivity contribution in [2.24, 2.45) is 32.9 Å². The van der Waals surface area contributed by atoms with E-state index in [1.54, 1.807) is 13.2 Å². The van der Waals surface area contributed by atoms with Crippen molar-refractivity contribution < 1.29 is 24.3 Å². The molecule has 0 spiro atoms. The van der Waals surface area contributed by atoms with E-state index in [9.17, 15) is 24.3 Å². The van der Waals surface area contributed by atoms with Crippen LogP contribution in [0.1, 0.15) is 31.2 Å². The number of nitrogens with one attached hydrogen (secondary N) is 5. The molecule has 3 atom stereocenters. The van der Waals surface area contributed by atoms with Gasteiger partial charge in [0.15, 0.2) is 11.9 Å². The minimum atomic E-state index is -1.22. The second kappa shape index (κ2) is 17.1. The standard InChI is InChI=1S/C26H41N11O5/c1-31-18(8-4-10-32-25(27)28)23(40)37-19(9-5-11-33-26(29)30)22(39)35-14-21(38)36-20(24(41)42)12-15-13-34-17-7-3-2-6-16(15)17/h2-3,6-7,13,18-20,31,34H,4-5,8-12,14H2,1H3,(H,35,39)(H,36,38)(H,37,40)(H,41,42)(H4,27,28,32)(H4,29,30,33)/t18-,19-,20-/m0/s1. The summed E-state index contributed by atoms with van der Waals surface area (Å²) in [5.41, 5.74) is 22.9. The minimum Gasteiger partial charge on any atom is -0.480 e. The van der Waals surface area contributed by atoms with Gasteiger partial charge in [0.2, 0.25) is 17.7 Å². The van der Waals surface area contributed by atoms with Crippen LogP contribution in [-0.2, 0) is 25.6 Å². The average molecular weight is 588 g/mol. The number of aromatic amines is 1. The van der Waals surface area contributed by atoms with Crippen LogP contribution in [0.15, 0.2) is 40.4 Å². The van der Waals surface area contributed by atoms with Crippen molar-refractivity contribution in [1.82, 2.24) is 26.3 Å². The van der Waals surface area contributed by atoms with E-state index in [1.807, 2.05) is 24.3 Å². The van der Waals surface area contributed by atoms with E-state index in [0.29, 0.717) is 25.8 Å². The number of hydrogen-bond acceptors (Lipinski definition) is 7. The molecular weight excluding hydrogens is 546 g/mol. The molecule has 14 N–H and O–H groups in total. The van der Waals surface area contributed by atoms with Gasteiger partial charge in [-0.1, -0.05) is 18.2 Å². The molecule has 0 fully saturated rings. The van der Waals surface area contributed by atoms with Gasteiger partial charge in [-0.2, -0.15) is 0 Å². The van der Waals surface area contributed by atoms with Crippen LogP contribution >= 0.6 is 0 Å². The summed E-state index contributed by atoms with van der Waals surface area (Å²) in [4.78, 5) is 61.2. The molecule has 42 heavy (non-hydrogen) atoms. The first-order chi connectivity index (χ1) is 20.0. The smallest absolute Gasteiger partial charge is 0.326 e. The van der Waals surface area contributed by atoms with Gasteiger partial charge in [0.1, 0.15) is 12.1 Å². The number of aliphatic carboxylic acids is 1. The lowest BCUT2D eigenvalue weighted by atomic mass is 10.0. The van der Waals surface area contributed by atoms with Crippen LogP contribution < -0.4 is 44.2 Å². The molecule has 2 rings (SSSR count). The summed E-state index contributed by atoms with van der Waals surface area (Å²) in [7, 11) is 1.61. The Balaban J connectivity index is 1.99. The zero-order valence-corrected chi connectivity index (χ0v) is 23.6. The average Bonchev–Trinajstić information content (AvgIpc) is 3.35. The van der Waals surface area contributed by atoms with E-state index < -0.39 is 48.4 Å². The third-order valence-electron chi connectivity index (χ3n) is 6.34. The minimum absolute atomic E-state index is 0.0388. The highest BCUT2D eigenvalue weighted by Crippen LogP contribution is 2.19. The fourth-order valence-electron chi connectivity index (χ4n) is 4.21. The van der Waals surface area contributed by atoms with Crippen molar-refractivity contribution in [3.8, 4) is 0 Å². The quantitative estimate of drug-likeness (QED) is 0.0500. The van der Waals surface area contributed by atoms with E-state index in [4.69, 9.17) is 22.9 Å². The Kier molecular flexibility index (Phi) is 13.5. The summed E-state index contributed by atoms with van der Waals surface area (Å²) in [6, 6.07) is 4.55. The molecule has 0 bridgehead atoms. The lowest BCUT2D eigenvalue weighted by molar-refractivity contribution is -0.141. The third kappa shape index (κ3) is 11.3. The number of carbonyl (C=O) groups excluding carboxylic acids is 3. The number of rotatable bonds is 18. The summed E-state index contributed by atoms with van der Waals surface area (Å²) in [5.74, 6) is -3.12. The zero-order valence-electron chi connectivity index (χ0n) is 23.6. The number of benzene rings is 1. The molecule has 0 radical (unpaired) electrons. The molecule has 230 valence electrons. The van der Waals surface area contributed by atoms with Gasteiger partial charge in [-0.3, -0.25) is 24.4 Å². The van der Waals surface area contributed by atoms with Gasteiger partial charge in [0.05, 0.1) is 12.6 Å². The van der Waals surface area contributed by atoms with Gasteiger partial charge < -0.3 is 54.3 Å². The Morgan fingerprint density at radius 1 is 0.881 bits per heavy atom. The second-order valence-corrected chi connectivity index (χ2v) is 9.54. The number of guanidine groups is 2. The van der Waals surface area contributed by atoms with Crippen molar-refractivity contribution in [2.45, 2.75) is 50.2 Å². The number of H-pyrrole nitrogens is 1. The molecule has 0 saturated carbocycles. The molecule has 0 saturated heterocycles. The molecule has 2 aromatic rings. The Morgan fingerprint density at radius 3 is 2.10 bits per heavy atom. The second-order valence-electron chi connectivity index (χ2n) is 9.54. The molecule has 1 aromatic carbocycles. The molecule has 0 unspecified atom stereocenters. The summed E-state index contributed by atoms with van der Waals surface area (Å²) >= 11 is 0. The monoisotopic (exact) mass is 587 g/mol. The van der Waals surface area contributed by atoms with Crippen molar-refractivity contribution in [2.75, 3.05) is 26.7 Å². The molecule has 1 heterocycles. The molecular formula is C26H41N11O5. The van der Waals surface area contributed by atoms with Crippen molar-refractivity contribution >= 4 is 46.5 Å². The summed E-state index contributed by atoms with van der Waals surface area (Å²) < 4.78 is 0. The number of amides is 3. The fraction of sp³-hybridized carbons (Fsp3) is 0.462. The zero-order chi connectivity index (χ0) is 31.1. The van der Waals surface area contributed by atoms with Gasteiger partial charge in [0.25, 0.3) is 0 Å². The number of carboxylic acids is 1. The van der Waals surface area contributed by atoms with E-state index in [0.717, 1.165) is 16.5 Å². The van der Waals surface area contributed by atoms with Crippen molar-refractivity contribution in [1.29, 1.82) is 0 Å². The van der Waals surface area contributed by atoms with Crippen LogP contribution in [0, 0.1) is 0 Å². The highest BCUT2D eigenvalue weighted by atomic mass is 16.4. The van der Waals surface area contributed by atoms with Crippen LogP contribution in [0.25, 0.3) is 10.9 Å². The Bertz CT molecular complexity index is 1270. The van der Waals surface area contributed by atoms with Gasteiger partial charge >= 0.3 is 5.97 Å². The first-order valence-corrected chi connectivity index (χ1v) is 13.4. The Morgan fingerprint density at radius 2 is 1.50 bits per heavy atom. The number of likely N-dealkylation sites (N-methyl/N-ethyl adjacent to an activating group) is 1. The van der Waals surface area contributed by atoms with Gasteiger partial charge in [-0.05, 0) is 44.4 Å². The maximum atomic E-state index is 13.0. The molecule has 3 amide bonds. The predicted molar refractivity (Wildman–Crippen MR) is 159 cm³/mol. The lowest BCUT2D eigenvalue weighted by Gasteiger charge is -2.22. The highest BCUT2D eigenvalue weighted by Gasteiger charge is 2.26. The largest absolute Gasteiger partial charge is 0.480 e. The third-order valence-corrected chi connectivity index (χ3v) is 6.34. The number of nitrogens with zero attached hydrogens (tertiary/aromatic N) is 2. The first kappa shape index (κ1) is 33.3. The highest BCUT2D eigenvalue weighted by molar-refractivity contribution is 5.93. The molecule has 16 heteroatoms. The summed E-state index contributed by atoms with van der Waals surface area (Å²) in [5, 5.41) is 21.0. The number of carboxylic acid groups (broad SMARTS) is 1. The molecule has 0 aliphatic heterocycles. The number of carbonyl (C=O) groups is 4. The number of aliphatic imine (C=N–C) groups is 2. The fourth-order valence-corrected chi connectivity index (χ4v) is 4.21. The van der Waals surface area contributed by atoms with E-state index in [2.05, 4.69) is 36.2 Å². The van der Waals surface area contributed by atoms with Crippen LogP contribution in [0.3, 0.4) is 0 Å². The van der Waals surface area contributed by atoms with Crippen LogP contribution in [-0.4, -0.2) is 90.5 Å². The van der Waals surface area contributed by atoms with E-state index in [-0.39, 0.29) is 31.3 Å². The van der Waals surface area contributed by atoms with Gasteiger partial charge in [0, 0.05) is 36.6 Å². The molecule has 1 aromatic heterocycles. The number of aromatic nitrogens is 1. The van der Waals surface area contributed by atoms with Gasteiger partial charge in [-0.15, -0.1) is 0 Å². The topological polar surface area (TPSA) is 281 Å². The van der Waals surface area contributed by atoms with Crippen LogP contribution in [0.2, 0.25) is 0 Å². The van der Waals surface area contributed by atoms with E-state index >= 15 is 0 Å². The van der Waals surface area contributed by atoms with Gasteiger partial charge in [-0.25, -0.2) is 4.79 Å². The number of fused-ring (bicyclic) bond motifs is 1.